The molecule has 2 rings (SSSR count). The van der Waals surface area contributed by atoms with Gasteiger partial charge in [-0.15, -0.1) is 0 Å². The second-order valence-electron chi connectivity index (χ2n) is 6.34. The van der Waals surface area contributed by atoms with Crippen LogP contribution in [0.2, 0.25) is 0 Å². The van der Waals surface area contributed by atoms with Crippen molar-refractivity contribution < 1.29 is 19.1 Å². The topological polar surface area (TPSA) is 89.0 Å². The van der Waals surface area contributed by atoms with E-state index in [2.05, 4.69) is 38.7 Å². The largest absolute Gasteiger partial charge is 0.490 e. The number of nitrogens with zero attached hydrogens (tertiary/aromatic N) is 1. The average molecular weight is 476 g/mol. The Labute approximate surface area is 185 Å². The zero-order valence-electron chi connectivity index (χ0n) is 17.1. The van der Waals surface area contributed by atoms with Crippen molar-refractivity contribution in [2.24, 2.45) is 5.10 Å². The molecule has 2 aromatic rings. The minimum Gasteiger partial charge on any atom is -0.490 e. The number of carbonyl (C=O) groups excluding carboxylic acids is 2. The maximum atomic E-state index is 12.0. The fraction of sp³-hybridized carbons (Fsp3) is 0.318. The van der Waals surface area contributed by atoms with Crippen LogP contribution in [0.15, 0.2) is 52.0 Å². The third-order valence-corrected chi connectivity index (χ3v) is 4.59. The fourth-order valence-electron chi connectivity index (χ4n) is 2.44. The molecule has 2 amide bonds. The lowest BCUT2D eigenvalue weighted by molar-refractivity contribution is -0.126. The summed E-state index contributed by atoms with van der Waals surface area (Å²) in [5, 5.41) is 6.58. The van der Waals surface area contributed by atoms with Gasteiger partial charge in [-0.1, -0.05) is 25.5 Å². The van der Waals surface area contributed by atoms with E-state index in [1.807, 2.05) is 25.1 Å². The molecule has 0 heterocycles. The lowest BCUT2D eigenvalue weighted by Gasteiger charge is -2.12. The van der Waals surface area contributed by atoms with Crippen molar-refractivity contribution in [3.05, 3.63) is 52.5 Å². The third-order valence-electron chi connectivity index (χ3n) is 3.89. The van der Waals surface area contributed by atoms with E-state index in [9.17, 15) is 9.59 Å². The smallest absolute Gasteiger partial charge is 0.249 e. The van der Waals surface area contributed by atoms with Gasteiger partial charge in [0.25, 0.3) is 0 Å². The van der Waals surface area contributed by atoms with Crippen LogP contribution in [0.5, 0.6) is 11.5 Å². The summed E-state index contributed by atoms with van der Waals surface area (Å²) in [5.41, 5.74) is 3.69. The summed E-state index contributed by atoms with van der Waals surface area (Å²) in [6, 6.07) is 12.6. The average Bonchev–Trinajstić information content (AvgIpc) is 2.71. The number of hydrogen-bond donors (Lipinski definition) is 2. The molecule has 2 aromatic carbocycles. The molecule has 0 radical (unpaired) electrons. The summed E-state index contributed by atoms with van der Waals surface area (Å²) in [4.78, 5) is 23.9. The van der Waals surface area contributed by atoms with Crippen molar-refractivity contribution in [2.45, 2.75) is 33.1 Å². The normalized spacial score (nSPS) is 10.6. The summed E-state index contributed by atoms with van der Waals surface area (Å²) in [5.74, 6) is 0.356. The zero-order chi connectivity index (χ0) is 21.8. The summed E-state index contributed by atoms with van der Waals surface area (Å²) in [6.45, 7) is 5.14. The number of hydrogen-bond acceptors (Lipinski definition) is 5. The molecule has 0 spiro atoms. The van der Waals surface area contributed by atoms with E-state index in [1.165, 1.54) is 6.21 Å². The van der Waals surface area contributed by atoms with Gasteiger partial charge in [-0.3, -0.25) is 9.59 Å². The first-order valence-corrected chi connectivity index (χ1v) is 10.6. The van der Waals surface area contributed by atoms with Crippen molar-refractivity contribution >= 4 is 39.6 Å². The van der Waals surface area contributed by atoms with Gasteiger partial charge in [0.15, 0.2) is 11.5 Å². The number of rotatable bonds is 11. The van der Waals surface area contributed by atoms with Crippen molar-refractivity contribution in [1.29, 1.82) is 0 Å². The molecule has 0 aliphatic rings. The number of ether oxygens (including phenoxy) is 2. The van der Waals surface area contributed by atoms with Crippen LogP contribution in [0.1, 0.15) is 38.7 Å². The lowest BCUT2D eigenvalue weighted by Crippen LogP contribution is -2.24. The second kappa shape index (κ2) is 12.6. The third kappa shape index (κ3) is 7.87. The van der Waals surface area contributed by atoms with Crippen molar-refractivity contribution in [2.75, 3.05) is 18.5 Å². The monoisotopic (exact) mass is 475 g/mol. The Balaban J connectivity index is 1.88. The summed E-state index contributed by atoms with van der Waals surface area (Å²) in [7, 11) is 0. The van der Waals surface area contributed by atoms with E-state index in [1.54, 1.807) is 24.3 Å². The second-order valence-corrected chi connectivity index (χ2v) is 7.19. The van der Waals surface area contributed by atoms with Crippen LogP contribution >= 0.6 is 15.9 Å². The van der Waals surface area contributed by atoms with E-state index in [0.717, 1.165) is 22.9 Å². The SMILES string of the molecule is CCCCOc1ccc(C=NNC(=O)CC(=O)Nc2ccccc2Br)cc1OCC. The van der Waals surface area contributed by atoms with Crippen molar-refractivity contribution in [3.8, 4) is 11.5 Å². The molecule has 0 saturated carbocycles. The molecule has 0 aliphatic heterocycles. The molecular formula is C22H26BrN3O4. The highest BCUT2D eigenvalue weighted by molar-refractivity contribution is 9.10. The van der Waals surface area contributed by atoms with Gasteiger partial charge in [0.1, 0.15) is 6.42 Å². The number of carbonyl (C=O) groups is 2. The predicted octanol–water partition coefficient (Wildman–Crippen LogP) is 4.51. The molecule has 0 atom stereocenters. The van der Waals surface area contributed by atoms with Gasteiger partial charge in [-0.2, -0.15) is 5.10 Å². The van der Waals surface area contributed by atoms with Gasteiger partial charge < -0.3 is 14.8 Å². The highest BCUT2D eigenvalue weighted by atomic mass is 79.9. The lowest BCUT2D eigenvalue weighted by atomic mass is 10.2. The van der Waals surface area contributed by atoms with Gasteiger partial charge in [0.2, 0.25) is 11.8 Å². The molecular weight excluding hydrogens is 450 g/mol. The molecule has 0 fully saturated rings. The van der Waals surface area contributed by atoms with Crippen LogP contribution in [0.25, 0.3) is 0 Å². The van der Waals surface area contributed by atoms with Crippen LogP contribution in [0.4, 0.5) is 5.69 Å². The number of unbranched alkanes of at least 4 members (excludes halogenated alkanes) is 1. The van der Waals surface area contributed by atoms with E-state index in [0.29, 0.717) is 30.4 Å². The Morgan fingerprint density at radius 3 is 2.60 bits per heavy atom. The van der Waals surface area contributed by atoms with Gasteiger partial charge in [-0.25, -0.2) is 5.43 Å². The molecule has 0 unspecified atom stereocenters. The van der Waals surface area contributed by atoms with Crippen LogP contribution in [0, 0.1) is 0 Å². The Morgan fingerprint density at radius 2 is 1.87 bits per heavy atom. The maximum Gasteiger partial charge on any atom is 0.249 e. The first-order chi connectivity index (χ1) is 14.5. The van der Waals surface area contributed by atoms with Crippen LogP contribution in [-0.4, -0.2) is 31.2 Å². The first-order valence-electron chi connectivity index (χ1n) is 9.79. The molecule has 0 aromatic heterocycles. The molecule has 2 N–H and O–H groups in total. The molecule has 7 nitrogen and oxygen atoms in total. The zero-order valence-corrected chi connectivity index (χ0v) is 18.7. The minimum atomic E-state index is -0.514. The molecule has 0 bridgehead atoms. The van der Waals surface area contributed by atoms with Gasteiger partial charge in [-0.05, 0) is 65.2 Å². The van der Waals surface area contributed by atoms with Gasteiger partial charge in [0, 0.05) is 4.47 Å². The Kier molecular flexibility index (Phi) is 9.86. The van der Waals surface area contributed by atoms with E-state index in [4.69, 9.17) is 9.47 Å². The van der Waals surface area contributed by atoms with Gasteiger partial charge in [0.05, 0.1) is 25.1 Å². The number of anilines is 1. The molecule has 160 valence electrons. The van der Waals surface area contributed by atoms with E-state index < -0.39 is 11.8 Å². The highest BCUT2D eigenvalue weighted by Gasteiger charge is 2.10. The van der Waals surface area contributed by atoms with E-state index >= 15 is 0 Å². The fourth-order valence-corrected chi connectivity index (χ4v) is 2.82. The Morgan fingerprint density at radius 1 is 1.07 bits per heavy atom. The van der Waals surface area contributed by atoms with Crippen molar-refractivity contribution in [3.63, 3.8) is 0 Å². The number of para-hydroxylation sites is 1. The molecule has 8 heteroatoms. The molecule has 30 heavy (non-hydrogen) atoms. The summed E-state index contributed by atoms with van der Waals surface area (Å²) in [6.07, 6.45) is 3.17. The first kappa shape index (κ1) is 23.4. The highest BCUT2D eigenvalue weighted by Crippen LogP contribution is 2.28. The number of benzene rings is 2. The number of amides is 2. The van der Waals surface area contributed by atoms with Crippen molar-refractivity contribution in [1.82, 2.24) is 5.43 Å². The predicted molar refractivity (Wildman–Crippen MR) is 121 cm³/mol. The van der Waals surface area contributed by atoms with Gasteiger partial charge >= 0.3 is 0 Å². The Hall–Kier alpha value is -2.87. The summed E-state index contributed by atoms with van der Waals surface area (Å²) >= 11 is 3.34. The Bertz CT molecular complexity index is 886. The summed E-state index contributed by atoms with van der Waals surface area (Å²) < 4.78 is 12.1. The number of halogens is 1. The molecule has 0 aliphatic carbocycles. The standard InChI is InChI=1S/C22H26BrN3O4/c1-3-5-12-30-19-11-10-16(13-20(19)29-4-2)15-24-26-22(28)14-21(27)25-18-9-7-6-8-17(18)23/h6-11,13,15H,3-5,12,14H2,1-2H3,(H,25,27)(H,26,28). The van der Waals surface area contributed by atoms with Crippen LogP contribution in [-0.2, 0) is 9.59 Å². The number of hydrazone groups is 1. The van der Waals surface area contributed by atoms with E-state index in [-0.39, 0.29) is 6.42 Å². The van der Waals surface area contributed by atoms with Crippen LogP contribution < -0.4 is 20.2 Å². The molecule has 0 saturated heterocycles. The maximum absolute atomic E-state index is 12.0. The van der Waals surface area contributed by atoms with Crippen LogP contribution in [0.3, 0.4) is 0 Å². The quantitative estimate of drug-likeness (QED) is 0.216. The number of nitrogens with one attached hydrogen (secondary N) is 2. The minimum absolute atomic E-state index is 0.340.